The van der Waals surface area contributed by atoms with Crippen LogP contribution < -0.4 is 16.0 Å². The summed E-state index contributed by atoms with van der Waals surface area (Å²) in [5, 5.41) is 11.0. The van der Waals surface area contributed by atoms with Crippen LogP contribution in [-0.4, -0.2) is 28.8 Å². The maximum atomic E-state index is 12.9. The second-order valence-electron chi connectivity index (χ2n) is 8.12. The molecule has 4 amide bonds. The van der Waals surface area contributed by atoms with E-state index in [1.54, 1.807) is 4.90 Å². The van der Waals surface area contributed by atoms with Crippen LogP contribution >= 0.6 is 22.9 Å². The molecule has 0 spiro atoms. The highest BCUT2D eigenvalue weighted by molar-refractivity contribution is 7.12. The number of amides is 4. The second-order valence-corrected chi connectivity index (χ2v) is 9.41. The van der Waals surface area contributed by atoms with Gasteiger partial charge in [0.25, 0.3) is 5.91 Å². The summed E-state index contributed by atoms with van der Waals surface area (Å²) in [6.45, 7) is 6.82. The molecule has 2 aliphatic rings. The summed E-state index contributed by atoms with van der Waals surface area (Å²) in [6.07, 6.45) is 2.15. The summed E-state index contributed by atoms with van der Waals surface area (Å²) in [7, 11) is 0. The Morgan fingerprint density at radius 2 is 2.09 bits per heavy atom. The molecule has 32 heavy (non-hydrogen) atoms. The number of carbonyl (C=O) groups is 3. The third kappa shape index (κ3) is 4.66. The molecular formula is C23H25ClN4O3S. The zero-order chi connectivity index (χ0) is 22.8. The number of rotatable bonds is 5. The van der Waals surface area contributed by atoms with Gasteiger partial charge in [0.05, 0.1) is 4.88 Å². The molecule has 1 aromatic carbocycles. The molecule has 4 rings (SSSR count). The largest absolute Gasteiger partial charge is 0.334 e. The highest BCUT2D eigenvalue weighted by Crippen LogP contribution is 2.34. The molecule has 0 bridgehead atoms. The number of fused-ring (bicyclic) bond motifs is 1. The number of urea groups is 1. The number of allylic oxidation sites excluding steroid dienone is 1. The molecule has 1 aromatic heterocycles. The lowest BCUT2D eigenvalue weighted by atomic mass is 10.1. The average Bonchev–Trinajstić information content (AvgIpc) is 3.24. The maximum Gasteiger partial charge on any atom is 0.315 e. The molecule has 0 aliphatic carbocycles. The van der Waals surface area contributed by atoms with E-state index in [-0.39, 0.29) is 17.8 Å². The van der Waals surface area contributed by atoms with Crippen LogP contribution in [0.4, 0.5) is 4.79 Å². The lowest BCUT2D eigenvalue weighted by Gasteiger charge is -2.25. The summed E-state index contributed by atoms with van der Waals surface area (Å²) >= 11 is 7.49. The van der Waals surface area contributed by atoms with Gasteiger partial charge in [-0.2, -0.15) is 0 Å². The van der Waals surface area contributed by atoms with Crippen molar-refractivity contribution in [2.75, 3.05) is 0 Å². The van der Waals surface area contributed by atoms with Crippen LogP contribution in [0.25, 0.3) is 0 Å². The summed E-state index contributed by atoms with van der Waals surface area (Å²) < 4.78 is 0. The lowest BCUT2D eigenvalue weighted by Crippen LogP contribution is -2.45. The van der Waals surface area contributed by atoms with Crippen LogP contribution in [0.1, 0.15) is 51.2 Å². The predicted molar refractivity (Wildman–Crippen MR) is 124 cm³/mol. The van der Waals surface area contributed by atoms with Gasteiger partial charge in [-0.3, -0.25) is 9.59 Å². The van der Waals surface area contributed by atoms with E-state index in [9.17, 15) is 14.4 Å². The first kappa shape index (κ1) is 22.4. The van der Waals surface area contributed by atoms with Gasteiger partial charge in [0.1, 0.15) is 6.04 Å². The van der Waals surface area contributed by atoms with Crippen molar-refractivity contribution in [2.45, 2.75) is 51.9 Å². The van der Waals surface area contributed by atoms with Crippen molar-refractivity contribution >= 4 is 40.8 Å². The number of aryl methyl sites for hydroxylation is 1. The van der Waals surface area contributed by atoms with E-state index >= 15 is 0 Å². The zero-order valence-corrected chi connectivity index (χ0v) is 19.4. The average molecular weight is 473 g/mol. The molecule has 168 valence electrons. The summed E-state index contributed by atoms with van der Waals surface area (Å²) in [6, 6.07) is 4.88. The molecule has 9 heteroatoms. The number of halogens is 1. The molecule has 7 nitrogen and oxygen atoms in total. The van der Waals surface area contributed by atoms with Gasteiger partial charge in [0, 0.05) is 35.9 Å². The Kier molecular flexibility index (Phi) is 6.53. The first-order chi connectivity index (χ1) is 15.3. The fourth-order valence-electron chi connectivity index (χ4n) is 3.97. The minimum atomic E-state index is -0.494. The zero-order valence-electron chi connectivity index (χ0n) is 17.8. The number of carbonyl (C=O) groups excluding carboxylic acids is 3. The topological polar surface area (TPSA) is 90.5 Å². The molecule has 1 atom stereocenters. The number of benzene rings is 1. The van der Waals surface area contributed by atoms with E-state index in [1.165, 1.54) is 11.3 Å². The molecule has 0 radical (unpaired) electrons. The van der Waals surface area contributed by atoms with Gasteiger partial charge in [0.15, 0.2) is 0 Å². The summed E-state index contributed by atoms with van der Waals surface area (Å²) in [4.78, 5) is 40.0. The van der Waals surface area contributed by atoms with Crippen molar-refractivity contribution in [1.82, 2.24) is 20.9 Å². The summed E-state index contributed by atoms with van der Waals surface area (Å²) in [5.74, 6) is -0.295. The highest BCUT2D eigenvalue weighted by atomic mass is 35.5. The lowest BCUT2D eigenvalue weighted by molar-refractivity contribution is -0.124. The predicted octanol–water partition coefficient (Wildman–Crippen LogP) is 3.85. The fraction of sp³-hybridized carbons (Fsp3) is 0.348. The van der Waals surface area contributed by atoms with Crippen LogP contribution in [0, 0.1) is 6.92 Å². The Morgan fingerprint density at radius 3 is 2.88 bits per heavy atom. The highest BCUT2D eigenvalue weighted by Gasteiger charge is 2.39. The Balaban J connectivity index is 1.35. The number of nitrogens with zero attached hydrogens (tertiary/aromatic N) is 1. The second kappa shape index (κ2) is 9.34. The van der Waals surface area contributed by atoms with E-state index in [0.29, 0.717) is 41.7 Å². The number of nitrogens with one attached hydrogen (secondary N) is 3. The first-order valence-corrected chi connectivity index (χ1v) is 11.7. The Morgan fingerprint density at radius 1 is 1.31 bits per heavy atom. The van der Waals surface area contributed by atoms with E-state index in [0.717, 1.165) is 35.1 Å². The number of hydrogen-bond donors (Lipinski definition) is 3. The normalized spacial score (nSPS) is 18.2. The Labute approximate surface area is 195 Å². The van der Waals surface area contributed by atoms with Gasteiger partial charge >= 0.3 is 6.03 Å². The van der Waals surface area contributed by atoms with E-state index in [1.807, 2.05) is 30.5 Å². The minimum absolute atomic E-state index is 0.121. The number of hydrogen-bond acceptors (Lipinski definition) is 4. The molecule has 1 saturated heterocycles. The van der Waals surface area contributed by atoms with E-state index in [4.69, 9.17) is 11.6 Å². The summed E-state index contributed by atoms with van der Waals surface area (Å²) in [5.41, 5.74) is 4.39. The minimum Gasteiger partial charge on any atom is -0.334 e. The van der Waals surface area contributed by atoms with Gasteiger partial charge < -0.3 is 20.9 Å². The van der Waals surface area contributed by atoms with Crippen molar-refractivity contribution in [3.05, 3.63) is 68.0 Å². The van der Waals surface area contributed by atoms with E-state index < -0.39 is 6.04 Å². The molecule has 0 saturated carbocycles. The van der Waals surface area contributed by atoms with Crippen molar-refractivity contribution in [2.24, 2.45) is 0 Å². The van der Waals surface area contributed by atoms with Crippen LogP contribution in [0.15, 0.2) is 35.9 Å². The van der Waals surface area contributed by atoms with Gasteiger partial charge in [-0.25, -0.2) is 4.79 Å². The molecule has 3 heterocycles. The molecular weight excluding hydrogens is 448 g/mol. The maximum absolute atomic E-state index is 12.9. The van der Waals surface area contributed by atoms with Crippen molar-refractivity contribution in [3.8, 4) is 0 Å². The van der Waals surface area contributed by atoms with Gasteiger partial charge in [-0.1, -0.05) is 30.3 Å². The number of thiophene rings is 1. The molecule has 2 aliphatic heterocycles. The standard InChI is InChI=1S/C23H25ClN4O3S/c1-13-6-7-15(8-18(13)24)9-25-23(31)26-10-16-12-32-20-17(16)11-28(22(20)30)19-5-3-4-14(2)27-21(19)29/h6-8,12,19H,2-5,9-11H2,1H3,(H,27,29)(H2,25,26,31)/t19-/m0/s1. The van der Waals surface area contributed by atoms with Gasteiger partial charge in [-0.05, 0) is 54.3 Å². The Hall–Kier alpha value is -2.84. The fourth-order valence-corrected chi connectivity index (χ4v) is 5.21. The molecule has 2 aromatic rings. The van der Waals surface area contributed by atoms with Gasteiger partial charge in [0.2, 0.25) is 5.91 Å². The first-order valence-electron chi connectivity index (χ1n) is 10.5. The van der Waals surface area contributed by atoms with Crippen molar-refractivity contribution < 1.29 is 14.4 Å². The van der Waals surface area contributed by atoms with E-state index in [2.05, 4.69) is 22.5 Å². The molecule has 1 fully saturated rings. The Bertz CT molecular complexity index is 1100. The smallest absolute Gasteiger partial charge is 0.315 e. The molecule has 0 unspecified atom stereocenters. The SMILES string of the molecule is C=C1CCC[C@H](N2Cc3c(CNC(=O)NCc4ccc(C)c(Cl)c4)csc3C2=O)C(=O)N1. The van der Waals surface area contributed by atoms with Crippen molar-refractivity contribution in [1.29, 1.82) is 0 Å². The van der Waals surface area contributed by atoms with Crippen LogP contribution in [-0.2, 0) is 24.4 Å². The third-order valence-corrected chi connectivity index (χ3v) is 7.29. The van der Waals surface area contributed by atoms with Crippen LogP contribution in [0.3, 0.4) is 0 Å². The van der Waals surface area contributed by atoms with Gasteiger partial charge in [-0.15, -0.1) is 11.3 Å². The monoisotopic (exact) mass is 472 g/mol. The van der Waals surface area contributed by atoms with Crippen LogP contribution in [0.5, 0.6) is 0 Å². The third-order valence-electron chi connectivity index (χ3n) is 5.83. The molecule has 3 N–H and O–H groups in total. The van der Waals surface area contributed by atoms with Crippen LogP contribution in [0.2, 0.25) is 5.02 Å². The quantitative estimate of drug-likeness (QED) is 0.617. The van der Waals surface area contributed by atoms with Crippen molar-refractivity contribution in [3.63, 3.8) is 0 Å².